The van der Waals surface area contributed by atoms with E-state index in [-0.39, 0.29) is 11.1 Å². The molecule has 0 saturated heterocycles. The fourth-order valence-electron chi connectivity index (χ4n) is 3.94. The molecule has 8 heteroatoms. The number of amides is 1. The van der Waals surface area contributed by atoms with Gasteiger partial charge in [-0.15, -0.1) is 0 Å². The van der Waals surface area contributed by atoms with Crippen LogP contribution in [0.3, 0.4) is 0 Å². The number of esters is 2. The van der Waals surface area contributed by atoms with Gasteiger partial charge in [0.1, 0.15) is 0 Å². The van der Waals surface area contributed by atoms with Crippen LogP contribution in [0.15, 0.2) is 91.0 Å². The Balaban J connectivity index is 1.68. The van der Waals surface area contributed by atoms with Crippen LogP contribution in [-0.2, 0) is 19.1 Å². The average Bonchev–Trinajstić information content (AvgIpc) is 2.90. The number of carbonyl (C=O) groups is 4. The van der Waals surface area contributed by atoms with E-state index in [9.17, 15) is 24.3 Å². The third-order valence-corrected chi connectivity index (χ3v) is 5.80. The van der Waals surface area contributed by atoms with Gasteiger partial charge in [0.25, 0.3) is 5.91 Å². The number of carbonyl (C=O) groups excluding carboxylic acids is 3. The van der Waals surface area contributed by atoms with Crippen LogP contribution in [0.25, 0.3) is 10.8 Å². The van der Waals surface area contributed by atoms with E-state index >= 15 is 0 Å². The second-order valence-electron chi connectivity index (χ2n) is 8.74. The number of benzene rings is 4. The number of aliphatic carboxylic acids is 1. The van der Waals surface area contributed by atoms with E-state index in [0.29, 0.717) is 11.1 Å². The summed E-state index contributed by atoms with van der Waals surface area (Å²) >= 11 is 0. The lowest BCUT2D eigenvalue weighted by Gasteiger charge is -2.24. The zero-order valence-electron chi connectivity index (χ0n) is 20.7. The zero-order chi connectivity index (χ0) is 27.2. The molecular weight excluding hydrogens is 486 g/mol. The lowest BCUT2D eigenvalue weighted by molar-refractivity contribution is -0.157. The first-order valence-electron chi connectivity index (χ1n) is 11.8. The predicted octanol–water partition coefficient (Wildman–Crippen LogP) is 4.93. The number of hydrogen-bond acceptors (Lipinski definition) is 6. The summed E-state index contributed by atoms with van der Waals surface area (Å²) in [6.45, 7) is 3.53. The number of nitrogens with one attached hydrogen (secondary N) is 1. The van der Waals surface area contributed by atoms with Crippen LogP contribution in [0.5, 0.6) is 0 Å². The molecule has 2 atom stereocenters. The minimum Gasteiger partial charge on any atom is -0.478 e. The summed E-state index contributed by atoms with van der Waals surface area (Å²) in [6, 6.07) is 25.2. The smallest absolute Gasteiger partial charge is 0.349 e. The standard InChI is InChI=1S/C30H25NO7/c1-18-8-5-12-21(16-18)29(35)37-25(26(28(33)34)38-30(36)22-13-6-9-19(2)17-22)27(32)31-24-15-7-11-20-10-3-4-14-23(20)24/h3-17,25-26H,1-2H3,(H,31,32)(H,33,34)/t25-,26-/m1/s1. The van der Waals surface area contributed by atoms with Gasteiger partial charge in [0.2, 0.25) is 12.2 Å². The Labute approximate surface area is 218 Å². The number of aryl methyl sites for hydroxylation is 2. The van der Waals surface area contributed by atoms with Crippen molar-refractivity contribution >= 4 is 40.3 Å². The molecule has 0 fully saturated rings. The Kier molecular flexibility index (Phi) is 7.82. The summed E-state index contributed by atoms with van der Waals surface area (Å²) in [4.78, 5) is 51.5. The van der Waals surface area contributed by atoms with E-state index in [1.54, 1.807) is 62.4 Å². The largest absolute Gasteiger partial charge is 0.478 e. The minimum atomic E-state index is -2.12. The van der Waals surface area contributed by atoms with E-state index in [1.165, 1.54) is 24.3 Å². The molecular formula is C30H25NO7. The Morgan fingerprint density at radius 3 is 1.79 bits per heavy atom. The van der Waals surface area contributed by atoms with Crippen molar-refractivity contribution in [3.05, 3.63) is 113 Å². The number of carboxylic acid groups (broad SMARTS) is 1. The molecule has 8 nitrogen and oxygen atoms in total. The molecule has 1 amide bonds. The Hall–Kier alpha value is -4.98. The molecule has 192 valence electrons. The second kappa shape index (κ2) is 11.4. The quantitative estimate of drug-likeness (QED) is 0.322. The highest BCUT2D eigenvalue weighted by atomic mass is 16.6. The van der Waals surface area contributed by atoms with Crippen molar-refractivity contribution in [1.29, 1.82) is 0 Å². The van der Waals surface area contributed by atoms with Crippen molar-refractivity contribution in [3.63, 3.8) is 0 Å². The molecule has 4 aromatic rings. The Morgan fingerprint density at radius 2 is 1.21 bits per heavy atom. The first-order chi connectivity index (χ1) is 18.2. The number of anilines is 1. The Morgan fingerprint density at radius 1 is 0.684 bits per heavy atom. The lowest BCUT2D eigenvalue weighted by atomic mass is 10.1. The predicted molar refractivity (Wildman–Crippen MR) is 141 cm³/mol. The van der Waals surface area contributed by atoms with Gasteiger partial charge < -0.3 is 19.9 Å². The maximum atomic E-state index is 13.5. The monoisotopic (exact) mass is 511 g/mol. The average molecular weight is 512 g/mol. The fourth-order valence-corrected chi connectivity index (χ4v) is 3.94. The van der Waals surface area contributed by atoms with Crippen molar-refractivity contribution in [2.45, 2.75) is 26.1 Å². The molecule has 0 spiro atoms. The normalized spacial score (nSPS) is 12.3. The number of hydrogen-bond donors (Lipinski definition) is 2. The van der Waals surface area contributed by atoms with Crippen LogP contribution in [0, 0.1) is 13.8 Å². The highest BCUT2D eigenvalue weighted by Gasteiger charge is 2.41. The van der Waals surface area contributed by atoms with Crippen LogP contribution >= 0.6 is 0 Å². The van der Waals surface area contributed by atoms with Gasteiger partial charge >= 0.3 is 17.9 Å². The van der Waals surface area contributed by atoms with Gasteiger partial charge in [-0.25, -0.2) is 14.4 Å². The third kappa shape index (κ3) is 6.04. The molecule has 0 aromatic heterocycles. The molecule has 0 bridgehead atoms. The number of rotatable bonds is 8. The maximum absolute atomic E-state index is 13.5. The highest BCUT2D eigenvalue weighted by molar-refractivity contribution is 6.06. The van der Waals surface area contributed by atoms with E-state index in [4.69, 9.17) is 9.47 Å². The van der Waals surface area contributed by atoms with E-state index in [2.05, 4.69) is 5.32 Å². The van der Waals surface area contributed by atoms with Gasteiger partial charge in [-0.2, -0.15) is 0 Å². The molecule has 4 rings (SSSR count). The minimum absolute atomic E-state index is 0.0921. The van der Waals surface area contributed by atoms with Gasteiger partial charge in [0.05, 0.1) is 11.1 Å². The van der Waals surface area contributed by atoms with Crippen molar-refractivity contribution in [2.75, 3.05) is 5.32 Å². The van der Waals surface area contributed by atoms with Crippen molar-refractivity contribution in [2.24, 2.45) is 0 Å². The van der Waals surface area contributed by atoms with Crippen molar-refractivity contribution in [3.8, 4) is 0 Å². The molecule has 0 saturated carbocycles. The molecule has 4 aromatic carbocycles. The molecule has 0 unspecified atom stereocenters. The fraction of sp³-hybridized carbons (Fsp3) is 0.133. The molecule has 0 radical (unpaired) electrons. The van der Waals surface area contributed by atoms with Gasteiger partial charge in [0, 0.05) is 11.1 Å². The molecule has 0 heterocycles. The molecule has 0 aliphatic heterocycles. The zero-order valence-corrected chi connectivity index (χ0v) is 20.7. The van der Waals surface area contributed by atoms with Gasteiger partial charge in [-0.05, 0) is 49.6 Å². The summed E-state index contributed by atoms with van der Waals surface area (Å²) < 4.78 is 10.7. The number of ether oxygens (including phenoxy) is 2. The van der Waals surface area contributed by atoms with Crippen molar-refractivity contribution < 1.29 is 33.8 Å². The topological polar surface area (TPSA) is 119 Å². The third-order valence-electron chi connectivity index (χ3n) is 5.80. The van der Waals surface area contributed by atoms with Crippen LogP contribution in [0.2, 0.25) is 0 Å². The van der Waals surface area contributed by atoms with Gasteiger partial charge in [0.15, 0.2) is 0 Å². The number of fused-ring (bicyclic) bond motifs is 1. The van der Waals surface area contributed by atoms with Crippen LogP contribution in [0.4, 0.5) is 5.69 Å². The van der Waals surface area contributed by atoms with E-state index < -0.39 is 36.0 Å². The molecule has 2 N–H and O–H groups in total. The van der Waals surface area contributed by atoms with Crippen LogP contribution < -0.4 is 5.32 Å². The molecule has 0 aliphatic carbocycles. The molecule has 38 heavy (non-hydrogen) atoms. The summed E-state index contributed by atoms with van der Waals surface area (Å²) in [6.07, 6.45) is -4.11. The second-order valence-corrected chi connectivity index (χ2v) is 8.74. The number of carboxylic acids is 1. The first-order valence-corrected chi connectivity index (χ1v) is 11.8. The van der Waals surface area contributed by atoms with E-state index in [1.807, 2.05) is 18.2 Å². The van der Waals surface area contributed by atoms with Gasteiger partial charge in [-0.3, -0.25) is 4.79 Å². The summed E-state index contributed by atoms with van der Waals surface area (Å²) in [7, 11) is 0. The molecule has 0 aliphatic rings. The summed E-state index contributed by atoms with van der Waals surface area (Å²) in [5.74, 6) is -4.53. The lowest BCUT2D eigenvalue weighted by Crippen LogP contribution is -2.48. The highest BCUT2D eigenvalue weighted by Crippen LogP contribution is 2.24. The Bertz CT molecular complexity index is 1520. The maximum Gasteiger partial charge on any atom is 0.349 e. The summed E-state index contributed by atoms with van der Waals surface area (Å²) in [5.41, 5.74) is 2.09. The van der Waals surface area contributed by atoms with Crippen molar-refractivity contribution in [1.82, 2.24) is 0 Å². The van der Waals surface area contributed by atoms with Crippen LogP contribution in [-0.4, -0.2) is 41.1 Å². The summed E-state index contributed by atoms with van der Waals surface area (Å²) in [5, 5.41) is 14.1. The van der Waals surface area contributed by atoms with Gasteiger partial charge in [-0.1, -0.05) is 71.8 Å². The first kappa shape index (κ1) is 26.1. The van der Waals surface area contributed by atoms with E-state index in [0.717, 1.165) is 16.5 Å². The van der Waals surface area contributed by atoms with Crippen LogP contribution in [0.1, 0.15) is 31.8 Å². The SMILES string of the molecule is Cc1cccc(C(=O)O[C@@H](C(=O)O)[C@@H](OC(=O)c2cccc(C)c2)C(=O)Nc2cccc3ccccc23)c1.